The summed E-state index contributed by atoms with van der Waals surface area (Å²) in [6.45, 7) is 6.64. The predicted octanol–water partition coefficient (Wildman–Crippen LogP) is 2.74. The molecule has 1 N–H and O–H groups in total. The first-order valence-electron chi connectivity index (χ1n) is 9.05. The van der Waals surface area contributed by atoms with Crippen molar-refractivity contribution in [1.29, 1.82) is 0 Å². The first-order chi connectivity index (χ1) is 12.9. The molecule has 142 valence electrons. The number of methoxy groups -OCH3 is 1. The highest BCUT2D eigenvalue weighted by Crippen LogP contribution is 2.45. The Labute approximate surface area is 157 Å². The van der Waals surface area contributed by atoms with Gasteiger partial charge in [-0.05, 0) is 46.9 Å². The average Bonchev–Trinajstić information content (AvgIpc) is 3.07. The SMILES string of the molecule is CCOc1cc(C2C3=C(CC(C)(C)CC3=O)Nc3nnnn32)ccc1OC. The summed E-state index contributed by atoms with van der Waals surface area (Å²) in [5.41, 5.74) is 2.41. The minimum atomic E-state index is -0.389. The fourth-order valence-electron chi connectivity index (χ4n) is 3.91. The van der Waals surface area contributed by atoms with Gasteiger partial charge in [0.05, 0.1) is 13.7 Å². The molecule has 8 heteroatoms. The lowest BCUT2D eigenvalue weighted by Crippen LogP contribution is -2.36. The van der Waals surface area contributed by atoms with Crippen molar-refractivity contribution in [1.82, 2.24) is 20.2 Å². The van der Waals surface area contributed by atoms with Crippen LogP contribution in [0.15, 0.2) is 29.5 Å². The molecule has 2 aromatic rings. The summed E-state index contributed by atoms with van der Waals surface area (Å²) >= 11 is 0. The monoisotopic (exact) mass is 369 g/mol. The number of tetrazole rings is 1. The van der Waals surface area contributed by atoms with Gasteiger partial charge in [-0.15, -0.1) is 0 Å². The van der Waals surface area contributed by atoms with Gasteiger partial charge in [0, 0.05) is 17.7 Å². The Morgan fingerprint density at radius 2 is 2.11 bits per heavy atom. The smallest absolute Gasteiger partial charge is 0.248 e. The van der Waals surface area contributed by atoms with Crippen LogP contribution in [0.1, 0.15) is 45.2 Å². The van der Waals surface area contributed by atoms with Crippen LogP contribution in [-0.4, -0.2) is 39.7 Å². The number of benzene rings is 1. The highest BCUT2D eigenvalue weighted by atomic mass is 16.5. The van der Waals surface area contributed by atoms with E-state index in [4.69, 9.17) is 9.47 Å². The van der Waals surface area contributed by atoms with Crippen molar-refractivity contribution in [2.45, 2.75) is 39.7 Å². The van der Waals surface area contributed by atoms with Crippen LogP contribution in [0.3, 0.4) is 0 Å². The Morgan fingerprint density at radius 1 is 1.30 bits per heavy atom. The molecule has 8 nitrogen and oxygen atoms in total. The highest BCUT2D eigenvalue weighted by Gasteiger charge is 2.41. The topological polar surface area (TPSA) is 91.2 Å². The fraction of sp³-hybridized carbons (Fsp3) is 0.474. The zero-order valence-corrected chi connectivity index (χ0v) is 15.9. The van der Waals surface area contributed by atoms with Gasteiger partial charge in [-0.1, -0.05) is 25.0 Å². The first kappa shape index (κ1) is 17.5. The largest absolute Gasteiger partial charge is 0.493 e. The van der Waals surface area contributed by atoms with Gasteiger partial charge >= 0.3 is 0 Å². The number of allylic oxidation sites excluding steroid dienone is 2. The molecule has 2 aliphatic rings. The number of nitrogens with zero attached hydrogens (tertiary/aromatic N) is 4. The van der Waals surface area contributed by atoms with E-state index in [0.717, 1.165) is 23.3 Å². The maximum atomic E-state index is 13.1. The molecule has 2 heterocycles. The number of fused-ring (bicyclic) bond motifs is 1. The van der Waals surface area contributed by atoms with Crippen molar-refractivity contribution in [3.05, 3.63) is 35.0 Å². The second-order valence-electron chi connectivity index (χ2n) is 7.65. The molecule has 0 fully saturated rings. The Bertz CT molecular complexity index is 931. The van der Waals surface area contributed by atoms with Crippen LogP contribution in [0.2, 0.25) is 0 Å². The summed E-state index contributed by atoms with van der Waals surface area (Å²) in [4.78, 5) is 13.1. The maximum absolute atomic E-state index is 13.1. The van der Waals surface area contributed by atoms with Crippen molar-refractivity contribution in [3.63, 3.8) is 0 Å². The molecule has 0 spiro atoms. The molecule has 0 bridgehead atoms. The van der Waals surface area contributed by atoms with E-state index in [1.54, 1.807) is 11.8 Å². The van der Waals surface area contributed by atoms with Crippen molar-refractivity contribution in [3.8, 4) is 11.5 Å². The number of aromatic nitrogens is 4. The van der Waals surface area contributed by atoms with Gasteiger partial charge in [-0.3, -0.25) is 4.79 Å². The van der Waals surface area contributed by atoms with E-state index < -0.39 is 0 Å². The van der Waals surface area contributed by atoms with E-state index in [1.165, 1.54) is 0 Å². The number of ether oxygens (including phenoxy) is 2. The number of carbonyl (C=O) groups is 1. The Kier molecular flexibility index (Phi) is 4.13. The van der Waals surface area contributed by atoms with E-state index in [-0.39, 0.29) is 17.2 Å². The lowest BCUT2D eigenvalue weighted by atomic mass is 9.73. The number of carbonyl (C=O) groups excluding carboxylic acids is 1. The molecule has 0 saturated carbocycles. The molecule has 0 radical (unpaired) electrons. The number of ketones is 1. The van der Waals surface area contributed by atoms with Crippen LogP contribution in [0.4, 0.5) is 5.95 Å². The van der Waals surface area contributed by atoms with Crippen LogP contribution < -0.4 is 14.8 Å². The van der Waals surface area contributed by atoms with Gasteiger partial charge in [0.15, 0.2) is 17.3 Å². The van der Waals surface area contributed by atoms with Gasteiger partial charge in [0.1, 0.15) is 6.04 Å². The van der Waals surface area contributed by atoms with Crippen molar-refractivity contribution < 1.29 is 14.3 Å². The van der Waals surface area contributed by atoms with Gasteiger partial charge in [-0.2, -0.15) is 4.68 Å². The minimum absolute atomic E-state index is 0.0977. The molecule has 1 atom stereocenters. The van der Waals surface area contributed by atoms with E-state index in [0.29, 0.717) is 30.5 Å². The number of Topliss-reactive ketones (excluding diaryl/α,β-unsaturated/α-hetero) is 1. The molecule has 1 aliphatic carbocycles. The van der Waals surface area contributed by atoms with Crippen LogP contribution in [0.25, 0.3) is 0 Å². The van der Waals surface area contributed by atoms with E-state index in [2.05, 4.69) is 34.7 Å². The minimum Gasteiger partial charge on any atom is -0.493 e. The third-order valence-electron chi connectivity index (χ3n) is 5.00. The summed E-state index contributed by atoms with van der Waals surface area (Å²) < 4.78 is 12.8. The van der Waals surface area contributed by atoms with Crippen LogP contribution in [0.5, 0.6) is 11.5 Å². The highest BCUT2D eigenvalue weighted by molar-refractivity contribution is 6.00. The molecule has 0 amide bonds. The van der Waals surface area contributed by atoms with E-state index in [9.17, 15) is 4.79 Å². The number of anilines is 1. The molecule has 1 aliphatic heterocycles. The standard InChI is InChI=1S/C19H23N5O3/c1-5-27-15-8-11(6-7-14(15)26-4)17-16-12(9-19(2,3)10-13(16)25)20-18-21-22-23-24(17)18/h6-8,17H,5,9-10H2,1-4H3,(H,20,21,23). The average molecular weight is 369 g/mol. The third kappa shape index (κ3) is 2.94. The number of nitrogens with one attached hydrogen (secondary N) is 1. The van der Waals surface area contributed by atoms with Gasteiger partial charge in [0.2, 0.25) is 5.95 Å². The van der Waals surface area contributed by atoms with E-state index >= 15 is 0 Å². The number of hydrogen-bond acceptors (Lipinski definition) is 7. The first-order valence-corrected chi connectivity index (χ1v) is 9.05. The van der Waals surface area contributed by atoms with Gasteiger partial charge in [0.25, 0.3) is 0 Å². The van der Waals surface area contributed by atoms with Crippen molar-refractivity contribution >= 4 is 11.7 Å². The second kappa shape index (κ2) is 6.37. The molecule has 0 saturated heterocycles. The molecular weight excluding hydrogens is 346 g/mol. The van der Waals surface area contributed by atoms with Crippen molar-refractivity contribution in [2.75, 3.05) is 19.0 Å². The summed E-state index contributed by atoms with van der Waals surface area (Å²) in [7, 11) is 1.61. The Hall–Kier alpha value is -2.90. The van der Waals surface area contributed by atoms with E-state index in [1.807, 2.05) is 25.1 Å². The van der Waals surface area contributed by atoms with Crippen molar-refractivity contribution in [2.24, 2.45) is 5.41 Å². The quantitative estimate of drug-likeness (QED) is 0.886. The zero-order valence-electron chi connectivity index (χ0n) is 15.9. The van der Waals surface area contributed by atoms with Gasteiger partial charge in [-0.25, -0.2) is 0 Å². The van der Waals surface area contributed by atoms with Crippen LogP contribution in [0, 0.1) is 5.41 Å². The Morgan fingerprint density at radius 3 is 2.85 bits per heavy atom. The number of hydrogen-bond donors (Lipinski definition) is 1. The molecule has 4 rings (SSSR count). The maximum Gasteiger partial charge on any atom is 0.248 e. The van der Waals surface area contributed by atoms with Crippen LogP contribution >= 0.6 is 0 Å². The van der Waals surface area contributed by atoms with Crippen LogP contribution in [-0.2, 0) is 4.79 Å². The fourth-order valence-corrected chi connectivity index (χ4v) is 3.91. The summed E-state index contributed by atoms with van der Waals surface area (Å²) in [5.74, 6) is 1.94. The number of rotatable bonds is 4. The zero-order chi connectivity index (χ0) is 19.2. The summed E-state index contributed by atoms with van der Waals surface area (Å²) in [6.07, 6.45) is 1.27. The third-order valence-corrected chi connectivity index (χ3v) is 5.00. The lowest BCUT2D eigenvalue weighted by Gasteiger charge is -2.37. The Balaban J connectivity index is 1.87. The molecule has 1 unspecified atom stereocenters. The van der Waals surface area contributed by atoms with Gasteiger partial charge < -0.3 is 14.8 Å². The normalized spacial score (nSPS) is 20.6. The predicted molar refractivity (Wildman–Crippen MR) is 98.8 cm³/mol. The summed E-state index contributed by atoms with van der Waals surface area (Å²) in [6, 6.07) is 5.30. The lowest BCUT2D eigenvalue weighted by molar-refractivity contribution is -0.118. The molecular formula is C19H23N5O3. The second-order valence-corrected chi connectivity index (χ2v) is 7.65. The molecule has 27 heavy (non-hydrogen) atoms. The summed E-state index contributed by atoms with van der Waals surface area (Å²) in [5, 5.41) is 15.3. The molecule has 1 aromatic heterocycles. The molecule has 1 aromatic carbocycles.